The third kappa shape index (κ3) is 3.32. The lowest BCUT2D eigenvalue weighted by atomic mass is 10.0. The van der Waals surface area contributed by atoms with E-state index in [0.29, 0.717) is 13.2 Å². The topological polar surface area (TPSA) is 35.2 Å². The molecule has 2 N–H and O–H groups in total. The molecule has 0 aliphatic heterocycles. The first-order valence-corrected chi connectivity index (χ1v) is 5.76. The number of aryl methyl sites for hydroxylation is 3. The largest absolute Gasteiger partial charge is 0.370 e. The molecule has 0 radical (unpaired) electrons. The van der Waals surface area contributed by atoms with Gasteiger partial charge in [-0.3, -0.25) is 0 Å². The Hall–Kier alpha value is -0.860. The number of nitrogens with two attached hydrogens (primary N) is 1. The first-order chi connectivity index (χ1) is 7.35. The summed E-state index contributed by atoms with van der Waals surface area (Å²) in [5.41, 5.74) is 10.6. The van der Waals surface area contributed by atoms with E-state index in [4.69, 9.17) is 10.5 Å². The molecule has 0 spiro atoms. The van der Waals surface area contributed by atoms with Crippen molar-refractivity contribution < 1.29 is 4.74 Å². The Balaban J connectivity index is 2.82. The average Bonchev–Trinajstić information content (AvgIpc) is 2.16. The summed E-state index contributed by atoms with van der Waals surface area (Å²) in [6.45, 7) is 11.6. The minimum absolute atomic E-state index is 0.246. The maximum atomic E-state index is 5.84. The Morgan fingerprint density at radius 1 is 1.12 bits per heavy atom. The van der Waals surface area contributed by atoms with Crippen LogP contribution in [0.15, 0.2) is 12.1 Å². The lowest BCUT2D eigenvalue weighted by molar-refractivity contribution is -0.0225. The normalized spacial score (nSPS) is 11.9. The van der Waals surface area contributed by atoms with Crippen LogP contribution in [0, 0.1) is 20.8 Å². The minimum Gasteiger partial charge on any atom is -0.370 e. The van der Waals surface area contributed by atoms with Crippen molar-refractivity contribution in [1.82, 2.24) is 0 Å². The Kier molecular flexibility index (Phi) is 4.11. The number of ether oxygens (including phenoxy) is 1. The van der Waals surface area contributed by atoms with Crippen molar-refractivity contribution in [3.05, 3.63) is 34.4 Å². The Morgan fingerprint density at radius 3 is 2.06 bits per heavy atom. The lowest BCUT2D eigenvalue weighted by Gasteiger charge is -2.24. The second-order valence-corrected chi connectivity index (χ2v) is 5.13. The fourth-order valence-electron chi connectivity index (χ4n) is 1.76. The first-order valence-electron chi connectivity index (χ1n) is 5.76. The van der Waals surface area contributed by atoms with Crippen molar-refractivity contribution >= 4 is 0 Å². The molecule has 0 saturated heterocycles. The van der Waals surface area contributed by atoms with Crippen molar-refractivity contribution in [3.63, 3.8) is 0 Å². The zero-order valence-electron chi connectivity index (χ0n) is 11.1. The van der Waals surface area contributed by atoms with Crippen LogP contribution >= 0.6 is 0 Å². The molecule has 90 valence electrons. The molecule has 0 heterocycles. The summed E-state index contributed by atoms with van der Waals surface area (Å²) in [6.07, 6.45) is 0. The standard InChI is InChI=1S/C14H23NO/c1-10-6-11(2)13(12(3)7-10)8-16-14(4,5)9-15/h6-7H,8-9,15H2,1-5H3. The summed E-state index contributed by atoms with van der Waals surface area (Å²) in [5, 5.41) is 0. The third-order valence-corrected chi connectivity index (χ3v) is 2.94. The maximum absolute atomic E-state index is 5.84. The van der Waals surface area contributed by atoms with E-state index in [-0.39, 0.29) is 5.60 Å². The highest BCUT2D eigenvalue weighted by Crippen LogP contribution is 2.19. The monoisotopic (exact) mass is 221 g/mol. The molecule has 1 aromatic carbocycles. The van der Waals surface area contributed by atoms with Gasteiger partial charge in [0.05, 0.1) is 12.2 Å². The van der Waals surface area contributed by atoms with Gasteiger partial charge in [-0.25, -0.2) is 0 Å². The van der Waals surface area contributed by atoms with Crippen molar-refractivity contribution in [1.29, 1.82) is 0 Å². The molecular formula is C14H23NO. The van der Waals surface area contributed by atoms with E-state index in [1.807, 2.05) is 13.8 Å². The van der Waals surface area contributed by atoms with Crippen molar-refractivity contribution in [2.24, 2.45) is 5.73 Å². The molecule has 1 rings (SSSR count). The number of hydrogen-bond acceptors (Lipinski definition) is 2. The fraction of sp³-hybridized carbons (Fsp3) is 0.571. The van der Waals surface area contributed by atoms with E-state index >= 15 is 0 Å². The molecule has 1 aromatic rings. The predicted octanol–water partition coefficient (Wildman–Crippen LogP) is 2.87. The van der Waals surface area contributed by atoms with Gasteiger partial charge >= 0.3 is 0 Å². The summed E-state index contributed by atoms with van der Waals surface area (Å²) in [6, 6.07) is 4.39. The third-order valence-electron chi connectivity index (χ3n) is 2.94. The molecule has 0 atom stereocenters. The minimum atomic E-state index is -0.246. The van der Waals surface area contributed by atoms with E-state index in [2.05, 4.69) is 32.9 Å². The van der Waals surface area contributed by atoms with Crippen LogP contribution in [0.3, 0.4) is 0 Å². The van der Waals surface area contributed by atoms with E-state index in [0.717, 1.165) is 0 Å². The highest BCUT2D eigenvalue weighted by Gasteiger charge is 2.16. The quantitative estimate of drug-likeness (QED) is 0.848. The molecule has 0 aliphatic carbocycles. The van der Waals surface area contributed by atoms with Crippen LogP contribution < -0.4 is 5.73 Å². The van der Waals surface area contributed by atoms with Gasteiger partial charge in [0.25, 0.3) is 0 Å². The molecule has 2 heteroatoms. The van der Waals surface area contributed by atoms with E-state index in [1.54, 1.807) is 0 Å². The highest BCUT2D eigenvalue weighted by atomic mass is 16.5. The van der Waals surface area contributed by atoms with Gasteiger partial charge in [0.15, 0.2) is 0 Å². The molecular weight excluding hydrogens is 198 g/mol. The van der Waals surface area contributed by atoms with Gasteiger partial charge in [-0.1, -0.05) is 17.7 Å². The van der Waals surface area contributed by atoms with Crippen LogP contribution in [-0.4, -0.2) is 12.1 Å². The number of rotatable bonds is 4. The van der Waals surface area contributed by atoms with Crippen molar-refractivity contribution in [2.45, 2.75) is 46.8 Å². The van der Waals surface area contributed by atoms with Gasteiger partial charge in [0.1, 0.15) is 0 Å². The predicted molar refractivity (Wildman–Crippen MR) is 68.6 cm³/mol. The second-order valence-electron chi connectivity index (χ2n) is 5.13. The molecule has 0 unspecified atom stereocenters. The van der Waals surface area contributed by atoms with Crippen molar-refractivity contribution in [3.8, 4) is 0 Å². The molecule has 0 fully saturated rings. The Labute approximate surface area is 98.8 Å². The maximum Gasteiger partial charge on any atom is 0.0752 e. The lowest BCUT2D eigenvalue weighted by Crippen LogP contribution is -2.33. The fourth-order valence-corrected chi connectivity index (χ4v) is 1.76. The summed E-state index contributed by atoms with van der Waals surface area (Å²) in [5.74, 6) is 0. The van der Waals surface area contributed by atoms with Crippen LogP contribution in [0.2, 0.25) is 0 Å². The highest BCUT2D eigenvalue weighted by molar-refractivity contribution is 5.36. The van der Waals surface area contributed by atoms with E-state index in [9.17, 15) is 0 Å². The average molecular weight is 221 g/mol. The SMILES string of the molecule is Cc1cc(C)c(COC(C)(C)CN)c(C)c1. The van der Waals surface area contributed by atoms with Gasteiger partial charge in [-0.15, -0.1) is 0 Å². The van der Waals surface area contributed by atoms with E-state index in [1.165, 1.54) is 22.3 Å². The molecule has 0 bridgehead atoms. The van der Waals surface area contributed by atoms with Crippen LogP contribution in [0.1, 0.15) is 36.1 Å². The van der Waals surface area contributed by atoms with Gasteiger partial charge in [0, 0.05) is 6.54 Å². The molecule has 0 aliphatic rings. The molecule has 16 heavy (non-hydrogen) atoms. The summed E-state index contributed by atoms with van der Waals surface area (Å²) >= 11 is 0. The van der Waals surface area contributed by atoms with Gasteiger partial charge in [-0.05, 0) is 51.3 Å². The van der Waals surface area contributed by atoms with Crippen LogP contribution in [0.25, 0.3) is 0 Å². The number of benzene rings is 1. The smallest absolute Gasteiger partial charge is 0.0752 e. The van der Waals surface area contributed by atoms with Gasteiger partial charge < -0.3 is 10.5 Å². The molecule has 2 nitrogen and oxygen atoms in total. The summed E-state index contributed by atoms with van der Waals surface area (Å²) in [4.78, 5) is 0. The van der Waals surface area contributed by atoms with Gasteiger partial charge in [0.2, 0.25) is 0 Å². The zero-order chi connectivity index (χ0) is 12.3. The van der Waals surface area contributed by atoms with Gasteiger partial charge in [-0.2, -0.15) is 0 Å². The molecule has 0 aromatic heterocycles. The first kappa shape index (κ1) is 13.2. The van der Waals surface area contributed by atoms with Crippen LogP contribution in [0.4, 0.5) is 0 Å². The molecule has 0 saturated carbocycles. The Bertz CT molecular complexity index is 346. The zero-order valence-corrected chi connectivity index (χ0v) is 11.1. The summed E-state index contributed by atoms with van der Waals surface area (Å²) < 4.78 is 5.84. The Morgan fingerprint density at radius 2 is 1.62 bits per heavy atom. The van der Waals surface area contributed by atoms with Crippen molar-refractivity contribution in [2.75, 3.05) is 6.54 Å². The van der Waals surface area contributed by atoms with E-state index < -0.39 is 0 Å². The second kappa shape index (κ2) is 4.98. The number of hydrogen-bond donors (Lipinski definition) is 1. The van der Waals surface area contributed by atoms with Crippen LogP contribution in [0.5, 0.6) is 0 Å². The van der Waals surface area contributed by atoms with Crippen LogP contribution in [-0.2, 0) is 11.3 Å². The summed E-state index contributed by atoms with van der Waals surface area (Å²) in [7, 11) is 0. The molecule has 0 amide bonds.